The van der Waals surface area contributed by atoms with Gasteiger partial charge in [-0.25, -0.2) is 0 Å². The largest absolute Gasteiger partial charge is 0.497 e. The van der Waals surface area contributed by atoms with Crippen molar-refractivity contribution in [3.8, 4) is 17.0 Å². The van der Waals surface area contributed by atoms with Crippen molar-refractivity contribution < 1.29 is 4.74 Å². The van der Waals surface area contributed by atoms with Crippen molar-refractivity contribution in [1.29, 1.82) is 0 Å². The lowest BCUT2D eigenvalue weighted by Gasteiger charge is -2.29. The smallest absolute Gasteiger partial charge is 0.208 e. The molecule has 0 unspecified atom stereocenters. The number of hydrogen-bond donors (Lipinski definition) is 0. The van der Waals surface area contributed by atoms with E-state index in [0.717, 1.165) is 54.5 Å². The van der Waals surface area contributed by atoms with Gasteiger partial charge in [-0.1, -0.05) is 6.08 Å². The molecule has 0 amide bonds. The average Bonchev–Trinajstić information content (AvgIpc) is 3.00. The van der Waals surface area contributed by atoms with Crippen molar-refractivity contribution in [2.24, 2.45) is 5.10 Å². The summed E-state index contributed by atoms with van der Waals surface area (Å²) in [7, 11) is 3.84. The SMILES string of the molecule is Br.C=CCn1c(-c2ccc(OC)cc2)cs/c1=N/N1CCN(C)CC1. The molecule has 1 aromatic heterocycles. The van der Waals surface area contributed by atoms with E-state index in [0.29, 0.717) is 0 Å². The van der Waals surface area contributed by atoms with Gasteiger partial charge >= 0.3 is 0 Å². The summed E-state index contributed by atoms with van der Waals surface area (Å²) < 4.78 is 7.47. The molecule has 0 atom stereocenters. The van der Waals surface area contributed by atoms with Crippen LogP contribution in [0.5, 0.6) is 5.75 Å². The Morgan fingerprint density at radius 3 is 2.48 bits per heavy atom. The van der Waals surface area contributed by atoms with Gasteiger partial charge < -0.3 is 14.2 Å². The fourth-order valence-corrected chi connectivity index (χ4v) is 3.67. The topological polar surface area (TPSA) is 33.0 Å². The Labute approximate surface area is 163 Å². The highest BCUT2D eigenvalue weighted by molar-refractivity contribution is 8.93. The van der Waals surface area contributed by atoms with Gasteiger partial charge in [0.2, 0.25) is 4.80 Å². The molecule has 0 spiro atoms. The van der Waals surface area contributed by atoms with E-state index in [1.165, 1.54) is 0 Å². The Hall–Kier alpha value is -1.57. The summed E-state index contributed by atoms with van der Waals surface area (Å²) in [6, 6.07) is 8.14. The molecule has 0 N–H and O–H groups in total. The first-order valence-electron chi connectivity index (χ1n) is 8.13. The number of likely N-dealkylation sites (N-methyl/N-ethyl adjacent to an activating group) is 1. The normalized spacial score (nSPS) is 15.8. The Bertz CT molecular complexity index is 745. The van der Waals surface area contributed by atoms with Crippen LogP contribution in [0.15, 0.2) is 47.4 Å². The van der Waals surface area contributed by atoms with E-state index in [-0.39, 0.29) is 17.0 Å². The van der Waals surface area contributed by atoms with E-state index in [9.17, 15) is 0 Å². The van der Waals surface area contributed by atoms with Gasteiger partial charge in [0.1, 0.15) is 5.75 Å². The van der Waals surface area contributed by atoms with Crippen LogP contribution < -0.4 is 9.54 Å². The molecule has 5 nitrogen and oxygen atoms in total. The van der Waals surface area contributed by atoms with Crippen LogP contribution in [0.25, 0.3) is 11.3 Å². The third-order valence-corrected chi connectivity index (χ3v) is 5.06. The van der Waals surface area contributed by atoms with Crippen molar-refractivity contribution in [2.45, 2.75) is 6.54 Å². The van der Waals surface area contributed by atoms with E-state index in [1.54, 1.807) is 18.4 Å². The fourth-order valence-electron chi connectivity index (χ4n) is 2.72. The molecule has 7 heteroatoms. The molecule has 0 saturated carbocycles. The lowest BCUT2D eigenvalue weighted by molar-refractivity contribution is 0.153. The van der Waals surface area contributed by atoms with Gasteiger partial charge in [-0.15, -0.1) is 40.0 Å². The van der Waals surface area contributed by atoms with Crippen LogP contribution >= 0.6 is 28.3 Å². The summed E-state index contributed by atoms with van der Waals surface area (Å²) in [6.45, 7) is 8.70. The average molecular weight is 425 g/mol. The Morgan fingerprint density at radius 2 is 1.88 bits per heavy atom. The minimum absolute atomic E-state index is 0. The number of methoxy groups -OCH3 is 1. The molecule has 136 valence electrons. The molecule has 0 radical (unpaired) electrons. The van der Waals surface area contributed by atoms with Crippen molar-refractivity contribution >= 4 is 28.3 Å². The molecule has 1 saturated heterocycles. The van der Waals surface area contributed by atoms with Crippen molar-refractivity contribution in [2.75, 3.05) is 40.3 Å². The quantitative estimate of drug-likeness (QED) is 0.691. The summed E-state index contributed by atoms with van der Waals surface area (Å²) in [6.07, 6.45) is 1.92. The van der Waals surface area contributed by atoms with Gasteiger partial charge in [0.15, 0.2) is 0 Å². The summed E-state index contributed by atoms with van der Waals surface area (Å²) in [5, 5.41) is 9.20. The highest BCUT2D eigenvalue weighted by Crippen LogP contribution is 2.23. The first-order chi connectivity index (χ1) is 11.7. The Kier molecular flexibility index (Phi) is 7.28. The minimum Gasteiger partial charge on any atom is -0.497 e. The first kappa shape index (κ1) is 19.8. The number of aromatic nitrogens is 1. The third kappa shape index (κ3) is 4.74. The molecule has 1 fully saturated rings. The first-order valence-corrected chi connectivity index (χ1v) is 9.01. The van der Waals surface area contributed by atoms with Crippen LogP contribution in [0, 0.1) is 0 Å². The number of hydrogen-bond acceptors (Lipinski definition) is 5. The zero-order valence-electron chi connectivity index (χ0n) is 14.7. The van der Waals surface area contributed by atoms with Crippen LogP contribution in [0.3, 0.4) is 0 Å². The van der Waals surface area contributed by atoms with E-state index in [2.05, 4.69) is 45.6 Å². The molecule has 1 aromatic carbocycles. The van der Waals surface area contributed by atoms with Crippen molar-refractivity contribution in [3.05, 3.63) is 47.1 Å². The second-order valence-corrected chi connectivity index (χ2v) is 6.72. The number of allylic oxidation sites excluding steroid dienone is 1. The predicted molar refractivity (Wildman–Crippen MR) is 109 cm³/mol. The van der Waals surface area contributed by atoms with Crippen LogP contribution in [0.1, 0.15) is 0 Å². The summed E-state index contributed by atoms with van der Waals surface area (Å²) in [4.78, 5) is 3.35. The zero-order chi connectivity index (χ0) is 16.9. The molecular weight excluding hydrogens is 400 g/mol. The lowest BCUT2D eigenvalue weighted by atomic mass is 10.1. The number of halogens is 1. The van der Waals surface area contributed by atoms with E-state index < -0.39 is 0 Å². The Morgan fingerprint density at radius 1 is 1.20 bits per heavy atom. The molecule has 3 rings (SSSR count). The summed E-state index contributed by atoms with van der Waals surface area (Å²) in [5.74, 6) is 0.867. The van der Waals surface area contributed by atoms with E-state index >= 15 is 0 Å². The maximum absolute atomic E-state index is 5.25. The van der Waals surface area contributed by atoms with Crippen LogP contribution in [-0.4, -0.2) is 54.8 Å². The number of nitrogens with zero attached hydrogens (tertiary/aromatic N) is 4. The maximum atomic E-state index is 5.25. The monoisotopic (exact) mass is 424 g/mol. The minimum atomic E-state index is 0. The standard InChI is InChI=1S/C18H24N4OS.BrH/c1-4-9-22-17(15-5-7-16(23-3)8-6-15)14-24-18(22)19-21-12-10-20(2)11-13-21;/h4-8,14H,1,9-13H2,2-3H3;1H/b19-18+;. The van der Waals surface area contributed by atoms with Crippen molar-refractivity contribution in [3.63, 3.8) is 0 Å². The third-order valence-electron chi connectivity index (χ3n) is 4.20. The van der Waals surface area contributed by atoms with Gasteiger partial charge in [0, 0.05) is 38.1 Å². The number of thiazole rings is 1. The maximum Gasteiger partial charge on any atom is 0.208 e. The molecule has 1 aliphatic rings. The highest BCUT2D eigenvalue weighted by Gasteiger charge is 2.13. The van der Waals surface area contributed by atoms with Crippen LogP contribution in [0.4, 0.5) is 0 Å². The number of piperazine rings is 1. The Balaban J connectivity index is 0.00000225. The second-order valence-electron chi connectivity index (χ2n) is 5.89. The summed E-state index contributed by atoms with van der Waals surface area (Å²) in [5.41, 5.74) is 2.32. The van der Waals surface area contributed by atoms with Gasteiger partial charge in [-0.05, 0) is 36.9 Å². The summed E-state index contributed by atoms with van der Waals surface area (Å²) >= 11 is 1.68. The number of ether oxygens (including phenoxy) is 1. The highest BCUT2D eigenvalue weighted by atomic mass is 79.9. The molecule has 2 heterocycles. The van der Waals surface area contributed by atoms with Gasteiger partial charge in [-0.3, -0.25) is 5.01 Å². The zero-order valence-corrected chi connectivity index (χ0v) is 17.2. The van der Waals surface area contributed by atoms with Crippen LogP contribution in [-0.2, 0) is 6.54 Å². The predicted octanol–water partition coefficient (Wildman–Crippen LogP) is 3.05. The molecule has 2 aromatic rings. The van der Waals surface area contributed by atoms with E-state index in [1.807, 2.05) is 18.2 Å². The number of benzene rings is 1. The van der Waals surface area contributed by atoms with Crippen LogP contribution in [0.2, 0.25) is 0 Å². The second kappa shape index (κ2) is 9.22. The lowest BCUT2D eigenvalue weighted by Crippen LogP contribution is -2.42. The molecule has 0 aliphatic carbocycles. The molecule has 1 aliphatic heterocycles. The molecule has 0 bridgehead atoms. The van der Waals surface area contributed by atoms with Gasteiger partial charge in [-0.2, -0.15) is 0 Å². The van der Waals surface area contributed by atoms with Crippen molar-refractivity contribution in [1.82, 2.24) is 14.5 Å². The van der Waals surface area contributed by atoms with Gasteiger partial charge in [0.25, 0.3) is 0 Å². The fraction of sp³-hybridized carbons (Fsp3) is 0.389. The molecule has 25 heavy (non-hydrogen) atoms. The van der Waals surface area contributed by atoms with E-state index in [4.69, 9.17) is 9.84 Å². The van der Waals surface area contributed by atoms with Gasteiger partial charge in [0.05, 0.1) is 12.8 Å². The number of rotatable bonds is 5. The molecular formula is C18H25BrN4OS.